The van der Waals surface area contributed by atoms with Gasteiger partial charge >= 0.3 is 5.97 Å². The van der Waals surface area contributed by atoms with Crippen molar-refractivity contribution in [2.45, 2.75) is 19.4 Å². The smallest absolute Gasteiger partial charge is 0.326 e. The lowest BCUT2D eigenvalue weighted by Crippen LogP contribution is -2.42. The highest BCUT2D eigenvalue weighted by atomic mass is 16.4. The summed E-state index contributed by atoms with van der Waals surface area (Å²) in [5, 5.41) is 10.0. The maximum atomic E-state index is 12.3. The zero-order valence-corrected chi connectivity index (χ0v) is 11.4. The molecule has 0 spiro atoms. The predicted octanol–water partition coefficient (Wildman–Crippen LogP) is 2.17. The highest BCUT2D eigenvalue weighted by Gasteiger charge is 2.26. The van der Waals surface area contributed by atoms with E-state index in [2.05, 4.69) is 4.98 Å². The van der Waals surface area contributed by atoms with Gasteiger partial charge in [0.15, 0.2) is 0 Å². The van der Waals surface area contributed by atoms with Gasteiger partial charge in [-0.1, -0.05) is 31.2 Å². The van der Waals surface area contributed by atoms with Crippen molar-refractivity contribution in [2.24, 2.45) is 0 Å². The first-order chi connectivity index (χ1) is 9.54. The molecule has 5 nitrogen and oxygen atoms in total. The zero-order chi connectivity index (χ0) is 14.7. The number of rotatable bonds is 4. The van der Waals surface area contributed by atoms with Crippen molar-refractivity contribution in [3.05, 3.63) is 42.1 Å². The summed E-state index contributed by atoms with van der Waals surface area (Å²) in [6.07, 6.45) is 0.352. The largest absolute Gasteiger partial charge is 0.480 e. The topological polar surface area (TPSA) is 70.5 Å². The fourth-order valence-corrected chi connectivity index (χ4v) is 2.12. The molecule has 1 heterocycles. The number of aromatic nitrogens is 1. The molecule has 0 saturated heterocycles. The van der Waals surface area contributed by atoms with Gasteiger partial charge in [-0.2, -0.15) is 0 Å². The third-order valence-electron chi connectivity index (χ3n) is 3.28. The maximum absolute atomic E-state index is 12.3. The van der Waals surface area contributed by atoms with E-state index in [1.807, 2.05) is 30.3 Å². The molecule has 2 rings (SSSR count). The van der Waals surface area contributed by atoms with Crippen LogP contribution in [0.4, 0.5) is 0 Å². The molecule has 0 aliphatic heterocycles. The van der Waals surface area contributed by atoms with Gasteiger partial charge in [-0.05, 0) is 18.6 Å². The summed E-state index contributed by atoms with van der Waals surface area (Å²) in [5.74, 6) is -1.39. The number of fused-ring (bicyclic) bond motifs is 1. The van der Waals surface area contributed by atoms with Crippen LogP contribution in [0.2, 0.25) is 0 Å². The Morgan fingerprint density at radius 2 is 1.95 bits per heavy atom. The van der Waals surface area contributed by atoms with Crippen molar-refractivity contribution in [1.29, 1.82) is 0 Å². The molecule has 1 aromatic heterocycles. The lowest BCUT2D eigenvalue weighted by molar-refractivity contribution is -0.142. The molecule has 1 aromatic carbocycles. The van der Waals surface area contributed by atoms with Gasteiger partial charge in [0, 0.05) is 12.4 Å². The molecule has 5 heteroatoms. The fourth-order valence-electron chi connectivity index (χ4n) is 2.12. The minimum Gasteiger partial charge on any atom is -0.480 e. The van der Waals surface area contributed by atoms with Gasteiger partial charge in [0.1, 0.15) is 11.7 Å². The van der Waals surface area contributed by atoms with Gasteiger partial charge in [-0.3, -0.25) is 4.79 Å². The summed E-state index contributed by atoms with van der Waals surface area (Å²) in [7, 11) is 1.49. The number of likely N-dealkylation sites (N-methyl/N-ethyl adjacent to an activating group) is 1. The molecule has 1 amide bonds. The second kappa shape index (κ2) is 5.69. The van der Waals surface area contributed by atoms with Crippen LogP contribution in [0.25, 0.3) is 10.9 Å². The molecular formula is C15H16N2O3. The fraction of sp³-hybridized carbons (Fsp3) is 0.267. The summed E-state index contributed by atoms with van der Waals surface area (Å²) in [6.45, 7) is 1.73. The molecule has 0 radical (unpaired) electrons. The molecule has 104 valence electrons. The summed E-state index contributed by atoms with van der Waals surface area (Å²) in [5.41, 5.74) is 0.973. The second-order valence-corrected chi connectivity index (χ2v) is 4.57. The molecule has 0 saturated carbocycles. The van der Waals surface area contributed by atoms with E-state index in [0.717, 1.165) is 10.9 Å². The van der Waals surface area contributed by atoms with Gasteiger partial charge in [-0.15, -0.1) is 0 Å². The van der Waals surface area contributed by atoms with Crippen molar-refractivity contribution in [2.75, 3.05) is 7.05 Å². The number of amides is 1. The standard InChI is InChI=1S/C15H16N2O3/c1-3-13(15(19)20)17(2)14(18)12-9-8-10-6-4-5-7-11(10)16-12/h4-9,13H,3H2,1-2H3,(H,19,20). The van der Waals surface area contributed by atoms with Crippen molar-refractivity contribution < 1.29 is 14.7 Å². The zero-order valence-electron chi connectivity index (χ0n) is 11.4. The van der Waals surface area contributed by atoms with Crippen molar-refractivity contribution >= 4 is 22.8 Å². The van der Waals surface area contributed by atoms with E-state index < -0.39 is 12.0 Å². The molecule has 20 heavy (non-hydrogen) atoms. The summed E-state index contributed by atoms with van der Waals surface area (Å²) in [6, 6.07) is 10.1. The van der Waals surface area contributed by atoms with Crippen LogP contribution in [-0.4, -0.2) is 40.0 Å². The van der Waals surface area contributed by atoms with Gasteiger partial charge in [0.2, 0.25) is 0 Å². The van der Waals surface area contributed by atoms with Crippen molar-refractivity contribution in [1.82, 2.24) is 9.88 Å². The number of hydrogen-bond acceptors (Lipinski definition) is 3. The van der Waals surface area contributed by atoms with Crippen LogP contribution in [-0.2, 0) is 4.79 Å². The van der Waals surface area contributed by atoms with Crippen LogP contribution in [0.3, 0.4) is 0 Å². The Morgan fingerprint density at radius 3 is 2.60 bits per heavy atom. The number of nitrogens with zero attached hydrogens (tertiary/aromatic N) is 2. The Kier molecular flexibility index (Phi) is 3.98. The Balaban J connectivity index is 2.33. The average molecular weight is 272 g/mol. The van der Waals surface area contributed by atoms with Crippen molar-refractivity contribution in [3.8, 4) is 0 Å². The molecule has 0 fully saturated rings. The summed E-state index contributed by atoms with van der Waals surface area (Å²) >= 11 is 0. The highest BCUT2D eigenvalue weighted by Crippen LogP contribution is 2.14. The van der Waals surface area contributed by atoms with E-state index in [0.29, 0.717) is 6.42 Å². The third kappa shape index (κ3) is 2.61. The van der Waals surface area contributed by atoms with E-state index in [9.17, 15) is 9.59 Å². The lowest BCUT2D eigenvalue weighted by atomic mass is 10.1. The molecular weight excluding hydrogens is 256 g/mol. The number of hydrogen-bond donors (Lipinski definition) is 1. The lowest BCUT2D eigenvalue weighted by Gasteiger charge is -2.23. The second-order valence-electron chi connectivity index (χ2n) is 4.57. The quantitative estimate of drug-likeness (QED) is 0.926. The monoisotopic (exact) mass is 272 g/mol. The number of carboxylic acids is 1. The molecule has 0 aliphatic rings. The Morgan fingerprint density at radius 1 is 1.25 bits per heavy atom. The summed E-state index contributed by atoms with van der Waals surface area (Å²) < 4.78 is 0. The van der Waals surface area contributed by atoms with Crippen molar-refractivity contribution in [3.63, 3.8) is 0 Å². The SMILES string of the molecule is CCC(C(=O)O)N(C)C(=O)c1ccc2ccccc2n1. The minimum atomic E-state index is -1.01. The summed E-state index contributed by atoms with van der Waals surface area (Å²) in [4.78, 5) is 28.9. The van der Waals surface area contributed by atoms with E-state index in [4.69, 9.17) is 5.11 Å². The van der Waals surface area contributed by atoms with Crippen LogP contribution in [0.15, 0.2) is 36.4 Å². The van der Waals surface area contributed by atoms with E-state index >= 15 is 0 Å². The van der Waals surface area contributed by atoms with Gasteiger partial charge < -0.3 is 10.0 Å². The van der Waals surface area contributed by atoms with E-state index in [-0.39, 0.29) is 11.6 Å². The average Bonchev–Trinajstić information content (AvgIpc) is 2.46. The van der Waals surface area contributed by atoms with Crippen LogP contribution >= 0.6 is 0 Å². The molecule has 1 unspecified atom stereocenters. The molecule has 0 aliphatic carbocycles. The molecule has 1 atom stereocenters. The Hall–Kier alpha value is -2.43. The Bertz CT molecular complexity index is 654. The Labute approximate surface area is 116 Å². The number of pyridine rings is 1. The first kappa shape index (κ1) is 14.0. The first-order valence-electron chi connectivity index (χ1n) is 6.40. The number of carbonyl (C=O) groups is 2. The highest BCUT2D eigenvalue weighted by molar-refractivity contribution is 5.96. The number of carbonyl (C=O) groups excluding carboxylic acids is 1. The van der Waals surface area contributed by atoms with E-state index in [1.54, 1.807) is 13.0 Å². The van der Waals surface area contributed by atoms with Gasteiger partial charge in [0.25, 0.3) is 5.91 Å². The van der Waals surface area contributed by atoms with Crippen LogP contribution in [0.5, 0.6) is 0 Å². The van der Waals surface area contributed by atoms with Gasteiger partial charge in [-0.25, -0.2) is 9.78 Å². The third-order valence-corrected chi connectivity index (χ3v) is 3.28. The van der Waals surface area contributed by atoms with Crippen LogP contribution in [0, 0.1) is 0 Å². The minimum absolute atomic E-state index is 0.255. The first-order valence-corrected chi connectivity index (χ1v) is 6.40. The number of aliphatic carboxylic acids is 1. The number of benzene rings is 1. The van der Waals surface area contributed by atoms with Crippen LogP contribution in [0.1, 0.15) is 23.8 Å². The van der Waals surface area contributed by atoms with Gasteiger partial charge in [0.05, 0.1) is 5.52 Å². The predicted molar refractivity (Wildman–Crippen MR) is 75.6 cm³/mol. The molecule has 0 bridgehead atoms. The molecule has 1 N–H and O–H groups in total. The van der Waals surface area contributed by atoms with E-state index in [1.165, 1.54) is 11.9 Å². The molecule has 2 aromatic rings. The number of para-hydroxylation sites is 1. The van der Waals surface area contributed by atoms with Crippen LogP contribution < -0.4 is 0 Å². The number of carboxylic acid groups (broad SMARTS) is 1. The normalized spacial score (nSPS) is 12.1. The maximum Gasteiger partial charge on any atom is 0.326 e.